The van der Waals surface area contributed by atoms with E-state index in [1.165, 1.54) is 14.0 Å². The van der Waals surface area contributed by atoms with Gasteiger partial charge in [-0.05, 0) is 24.6 Å². The van der Waals surface area contributed by atoms with Gasteiger partial charge in [0.25, 0.3) is 5.56 Å². The van der Waals surface area contributed by atoms with Crippen molar-refractivity contribution in [3.63, 3.8) is 0 Å². The van der Waals surface area contributed by atoms with Crippen LogP contribution in [0, 0.1) is 0 Å². The molecular weight excluding hydrogens is 423 g/mol. The minimum absolute atomic E-state index is 0.169. The zero-order valence-electron chi connectivity index (χ0n) is 16.7. The summed E-state index contributed by atoms with van der Waals surface area (Å²) in [5, 5.41) is 24.0. The molecule has 2 rings (SSSR count). The van der Waals surface area contributed by atoms with Gasteiger partial charge >= 0.3 is 12.1 Å². The number of anilines is 1. The Morgan fingerprint density at radius 3 is 2.45 bits per heavy atom. The van der Waals surface area contributed by atoms with Crippen LogP contribution in [0.25, 0.3) is 0 Å². The van der Waals surface area contributed by atoms with Crippen molar-refractivity contribution in [1.29, 1.82) is 0 Å². The third-order valence-corrected chi connectivity index (χ3v) is 4.15. The molecule has 31 heavy (non-hydrogen) atoms. The molecule has 3 N–H and O–H groups in total. The number of aromatic nitrogens is 2. The van der Waals surface area contributed by atoms with E-state index in [4.69, 9.17) is 19.7 Å². The van der Waals surface area contributed by atoms with Gasteiger partial charge < -0.3 is 25.0 Å². The van der Waals surface area contributed by atoms with Crippen LogP contribution in [0.15, 0.2) is 35.3 Å². The maximum atomic E-state index is 13.6. The lowest BCUT2D eigenvalue weighted by Crippen LogP contribution is -2.34. The van der Waals surface area contributed by atoms with Crippen molar-refractivity contribution in [2.45, 2.75) is 31.8 Å². The van der Waals surface area contributed by atoms with E-state index in [0.29, 0.717) is 16.0 Å². The molecule has 0 amide bonds. The van der Waals surface area contributed by atoms with Crippen LogP contribution >= 0.6 is 0 Å². The second-order valence-electron chi connectivity index (χ2n) is 6.68. The smallest absolute Gasteiger partial charge is 0.423 e. The average Bonchev–Trinajstić information content (AvgIpc) is 2.69. The van der Waals surface area contributed by atoms with Gasteiger partial charge in [0.2, 0.25) is 0 Å². The quantitative estimate of drug-likeness (QED) is 0.504. The van der Waals surface area contributed by atoms with Gasteiger partial charge in [-0.15, -0.1) is 0 Å². The number of hydrogen-bond acceptors (Lipinski definition) is 7. The Hall–Kier alpha value is -3.12. The summed E-state index contributed by atoms with van der Waals surface area (Å²) in [7, 11) is 1.47. The van der Waals surface area contributed by atoms with Crippen LogP contribution < -0.4 is 15.6 Å². The number of ether oxygens (including phenoxy) is 2. The van der Waals surface area contributed by atoms with Crippen LogP contribution in [0.3, 0.4) is 0 Å². The molecule has 0 saturated carbocycles. The number of aliphatic hydroxyl groups excluding tert-OH is 1. The highest BCUT2D eigenvalue weighted by atomic mass is 19.4. The predicted octanol–water partition coefficient (Wildman–Crippen LogP) is 1.58. The Labute approximate surface area is 175 Å². The lowest BCUT2D eigenvalue weighted by atomic mass is 10.2. The van der Waals surface area contributed by atoms with E-state index in [9.17, 15) is 22.8 Å². The van der Waals surface area contributed by atoms with E-state index in [1.807, 2.05) is 0 Å². The lowest BCUT2D eigenvalue weighted by molar-refractivity contribution is -0.150. The van der Waals surface area contributed by atoms with Crippen molar-refractivity contribution in [2.75, 3.05) is 25.6 Å². The SMILES string of the molecule is COc1ccc(Cn2ncc(N[C@@H](C)COC[C@H](O)C(=O)O)c(C(F)(F)F)c2=O)cc1. The Morgan fingerprint density at radius 2 is 1.90 bits per heavy atom. The fraction of sp³-hybridized carbons (Fsp3) is 0.421. The summed E-state index contributed by atoms with van der Waals surface area (Å²) in [4.78, 5) is 23.0. The third kappa shape index (κ3) is 6.69. The van der Waals surface area contributed by atoms with Crippen LogP contribution in [-0.2, 0) is 22.3 Å². The van der Waals surface area contributed by atoms with Crippen molar-refractivity contribution in [3.8, 4) is 5.75 Å². The highest BCUT2D eigenvalue weighted by Crippen LogP contribution is 2.32. The fourth-order valence-corrected chi connectivity index (χ4v) is 2.62. The summed E-state index contributed by atoms with van der Waals surface area (Å²) < 4.78 is 51.5. The van der Waals surface area contributed by atoms with Crippen LogP contribution in [0.2, 0.25) is 0 Å². The van der Waals surface area contributed by atoms with Crippen molar-refractivity contribution >= 4 is 11.7 Å². The first-order chi connectivity index (χ1) is 14.5. The molecule has 0 spiro atoms. The second-order valence-corrected chi connectivity index (χ2v) is 6.68. The summed E-state index contributed by atoms with van der Waals surface area (Å²) in [6, 6.07) is 5.71. The molecule has 0 radical (unpaired) electrons. The maximum Gasteiger partial charge on any atom is 0.423 e. The van der Waals surface area contributed by atoms with Crippen LogP contribution in [-0.4, -0.2) is 58.4 Å². The van der Waals surface area contributed by atoms with Gasteiger partial charge in [-0.25, -0.2) is 9.48 Å². The largest absolute Gasteiger partial charge is 0.497 e. The number of alkyl halides is 3. The first kappa shape index (κ1) is 24.2. The Bertz CT molecular complexity index is 946. The van der Waals surface area contributed by atoms with Gasteiger partial charge in [0, 0.05) is 6.04 Å². The molecule has 170 valence electrons. The predicted molar refractivity (Wildman–Crippen MR) is 103 cm³/mol. The lowest BCUT2D eigenvalue weighted by Gasteiger charge is -2.20. The molecule has 0 aliphatic heterocycles. The van der Waals surface area contributed by atoms with E-state index < -0.39 is 47.7 Å². The fourth-order valence-electron chi connectivity index (χ4n) is 2.62. The normalized spacial score (nSPS) is 13.5. The maximum absolute atomic E-state index is 13.6. The van der Waals surface area contributed by atoms with Gasteiger partial charge in [-0.2, -0.15) is 18.3 Å². The number of carbonyl (C=O) groups is 1. The highest BCUT2D eigenvalue weighted by Gasteiger charge is 2.38. The van der Waals surface area contributed by atoms with E-state index in [0.717, 1.165) is 6.20 Å². The summed E-state index contributed by atoms with van der Waals surface area (Å²) in [5.74, 6) is -0.920. The minimum atomic E-state index is -4.94. The van der Waals surface area contributed by atoms with Gasteiger partial charge in [-0.3, -0.25) is 4.79 Å². The second kappa shape index (κ2) is 10.3. The molecule has 1 aromatic heterocycles. The Balaban J connectivity index is 2.19. The first-order valence-corrected chi connectivity index (χ1v) is 9.08. The number of methoxy groups -OCH3 is 1. The van der Waals surface area contributed by atoms with Gasteiger partial charge in [0.05, 0.1) is 38.8 Å². The Morgan fingerprint density at radius 1 is 1.26 bits per heavy atom. The number of rotatable bonds is 10. The molecular formula is C19H22F3N3O6. The number of nitrogens with zero attached hydrogens (tertiary/aromatic N) is 2. The number of aliphatic carboxylic acids is 1. The zero-order chi connectivity index (χ0) is 23.2. The van der Waals surface area contributed by atoms with Crippen LogP contribution in [0.1, 0.15) is 18.1 Å². The molecule has 1 heterocycles. The third-order valence-electron chi connectivity index (χ3n) is 4.15. The number of aliphatic hydroxyl groups is 1. The standard InChI is InChI=1S/C19H22F3N3O6/c1-11(9-31-10-15(26)18(28)29)24-14-7-23-25(17(27)16(14)19(20,21)22)8-12-3-5-13(30-2)6-4-12/h3-7,11,15,24,26H,8-10H2,1-2H3,(H,28,29)/t11-,15-/m0/s1. The van der Waals surface area contributed by atoms with E-state index in [1.54, 1.807) is 24.3 Å². The molecule has 9 nitrogen and oxygen atoms in total. The molecule has 0 fully saturated rings. The number of nitrogens with one attached hydrogen (secondary N) is 1. The van der Waals surface area contributed by atoms with E-state index in [2.05, 4.69) is 10.4 Å². The number of carboxylic acid groups (broad SMARTS) is 1. The number of halogens is 3. The van der Waals surface area contributed by atoms with Gasteiger partial charge in [0.15, 0.2) is 6.10 Å². The van der Waals surface area contributed by atoms with E-state index >= 15 is 0 Å². The monoisotopic (exact) mass is 445 g/mol. The number of hydrogen-bond donors (Lipinski definition) is 3. The molecule has 0 unspecified atom stereocenters. The van der Waals surface area contributed by atoms with Crippen molar-refractivity contribution in [1.82, 2.24) is 9.78 Å². The molecule has 0 saturated heterocycles. The molecule has 0 aliphatic rings. The van der Waals surface area contributed by atoms with E-state index in [-0.39, 0.29) is 13.2 Å². The summed E-state index contributed by atoms with van der Waals surface area (Å²) >= 11 is 0. The summed E-state index contributed by atoms with van der Waals surface area (Å²) in [5.41, 5.74) is -2.70. The number of carboxylic acids is 1. The topological polar surface area (TPSA) is 123 Å². The number of benzene rings is 1. The molecule has 12 heteroatoms. The van der Waals surface area contributed by atoms with Crippen LogP contribution in [0.5, 0.6) is 5.75 Å². The summed E-state index contributed by atoms with van der Waals surface area (Å²) in [6.45, 7) is 0.555. The molecule has 2 aromatic rings. The van der Waals surface area contributed by atoms with Gasteiger partial charge in [-0.1, -0.05) is 12.1 Å². The molecule has 1 aromatic carbocycles. The van der Waals surface area contributed by atoms with Crippen molar-refractivity contribution < 1.29 is 37.7 Å². The first-order valence-electron chi connectivity index (χ1n) is 9.08. The van der Waals surface area contributed by atoms with Gasteiger partial charge in [0.1, 0.15) is 11.3 Å². The van der Waals surface area contributed by atoms with Crippen LogP contribution in [0.4, 0.5) is 18.9 Å². The molecule has 0 aliphatic carbocycles. The minimum Gasteiger partial charge on any atom is -0.497 e. The highest BCUT2D eigenvalue weighted by molar-refractivity contribution is 5.71. The van der Waals surface area contributed by atoms with Crippen molar-refractivity contribution in [3.05, 3.63) is 51.9 Å². The molecule has 2 atom stereocenters. The molecule has 0 bridgehead atoms. The zero-order valence-corrected chi connectivity index (χ0v) is 16.7. The average molecular weight is 445 g/mol. The van der Waals surface area contributed by atoms with Crippen molar-refractivity contribution in [2.24, 2.45) is 0 Å². The Kier molecular flexibility index (Phi) is 8.00. The summed E-state index contributed by atoms with van der Waals surface area (Å²) in [6.07, 6.45) is -5.79.